The normalized spacial score (nSPS) is 15.1. The summed E-state index contributed by atoms with van der Waals surface area (Å²) in [5.41, 5.74) is 1.60. The monoisotopic (exact) mass is 492 g/mol. The number of halogens is 2. The zero-order valence-electron chi connectivity index (χ0n) is 16.3. The number of benzene rings is 1. The summed E-state index contributed by atoms with van der Waals surface area (Å²) in [5, 5.41) is 6.67. The molecular formula is C19H30FIN4O2. The van der Waals surface area contributed by atoms with Crippen molar-refractivity contribution in [3.8, 4) is 0 Å². The van der Waals surface area contributed by atoms with Crippen LogP contribution in [0.5, 0.6) is 0 Å². The lowest BCUT2D eigenvalue weighted by Gasteiger charge is -2.32. The standard InChI is InChI=1S/C19H29FN4O2.HI/c1-4-21-18(22-13-15-6-7-17(20)14(3)12-15)23-16-8-10-24(11-9-16)19(25)26-5-2;/h6-7,12,16H,4-5,8-11,13H2,1-3H3,(H2,21,22,23);1H. The van der Waals surface area contributed by atoms with Crippen LogP contribution in [0.1, 0.15) is 37.8 Å². The molecule has 0 unspecified atom stereocenters. The number of piperidine rings is 1. The summed E-state index contributed by atoms with van der Waals surface area (Å²) in [6.07, 6.45) is 1.45. The van der Waals surface area contributed by atoms with Crippen LogP contribution in [0.4, 0.5) is 9.18 Å². The lowest BCUT2D eigenvalue weighted by molar-refractivity contribution is 0.0963. The quantitative estimate of drug-likeness (QED) is 0.376. The molecule has 1 amide bonds. The van der Waals surface area contributed by atoms with Crippen molar-refractivity contribution in [2.75, 3.05) is 26.2 Å². The number of carbonyl (C=O) groups excluding carboxylic acids is 1. The first-order chi connectivity index (χ1) is 12.5. The topological polar surface area (TPSA) is 66.0 Å². The third-order valence-electron chi connectivity index (χ3n) is 4.35. The van der Waals surface area contributed by atoms with Crippen LogP contribution >= 0.6 is 24.0 Å². The predicted molar refractivity (Wildman–Crippen MR) is 116 cm³/mol. The zero-order valence-corrected chi connectivity index (χ0v) is 18.6. The molecule has 0 bridgehead atoms. The molecule has 1 heterocycles. The van der Waals surface area contributed by atoms with E-state index < -0.39 is 0 Å². The van der Waals surface area contributed by atoms with Crippen LogP contribution in [0, 0.1) is 12.7 Å². The van der Waals surface area contributed by atoms with Gasteiger partial charge in [-0.05, 0) is 50.8 Å². The summed E-state index contributed by atoms with van der Waals surface area (Å²) in [4.78, 5) is 18.1. The molecule has 1 aromatic rings. The smallest absolute Gasteiger partial charge is 0.409 e. The number of ether oxygens (including phenoxy) is 1. The van der Waals surface area contributed by atoms with Crippen molar-refractivity contribution in [1.82, 2.24) is 15.5 Å². The van der Waals surface area contributed by atoms with Crippen molar-refractivity contribution >= 4 is 36.0 Å². The fourth-order valence-corrected chi connectivity index (χ4v) is 2.91. The molecule has 0 aliphatic carbocycles. The molecule has 2 N–H and O–H groups in total. The van der Waals surface area contributed by atoms with Crippen LogP contribution in [-0.4, -0.2) is 49.2 Å². The second kappa shape index (κ2) is 12.0. The SMILES string of the molecule is CCNC(=NCc1ccc(F)c(C)c1)NC1CCN(C(=O)OCC)CC1.I. The molecule has 0 radical (unpaired) electrons. The maximum atomic E-state index is 13.4. The van der Waals surface area contributed by atoms with Gasteiger partial charge in [0.2, 0.25) is 0 Å². The van der Waals surface area contributed by atoms with Gasteiger partial charge in [-0.1, -0.05) is 12.1 Å². The van der Waals surface area contributed by atoms with Gasteiger partial charge in [0.1, 0.15) is 5.82 Å². The lowest BCUT2D eigenvalue weighted by atomic mass is 10.1. The van der Waals surface area contributed by atoms with Crippen LogP contribution in [-0.2, 0) is 11.3 Å². The van der Waals surface area contributed by atoms with Gasteiger partial charge < -0.3 is 20.3 Å². The number of hydrogen-bond acceptors (Lipinski definition) is 3. The van der Waals surface area contributed by atoms with E-state index in [1.54, 1.807) is 17.9 Å². The van der Waals surface area contributed by atoms with Gasteiger partial charge in [-0.15, -0.1) is 24.0 Å². The first-order valence-electron chi connectivity index (χ1n) is 9.25. The molecule has 1 aromatic carbocycles. The summed E-state index contributed by atoms with van der Waals surface area (Å²) >= 11 is 0. The second-order valence-electron chi connectivity index (χ2n) is 6.38. The van der Waals surface area contributed by atoms with E-state index in [2.05, 4.69) is 15.6 Å². The summed E-state index contributed by atoms with van der Waals surface area (Å²) in [6, 6.07) is 5.31. The molecule has 1 fully saturated rings. The van der Waals surface area contributed by atoms with Gasteiger partial charge >= 0.3 is 6.09 Å². The minimum absolute atomic E-state index is 0. The van der Waals surface area contributed by atoms with Crippen molar-refractivity contribution in [1.29, 1.82) is 0 Å². The molecule has 152 valence electrons. The molecular weight excluding hydrogens is 462 g/mol. The Labute approximate surface area is 178 Å². The van der Waals surface area contributed by atoms with Crippen molar-refractivity contribution in [3.63, 3.8) is 0 Å². The summed E-state index contributed by atoms with van der Waals surface area (Å²) in [6.45, 7) is 8.57. The number of carbonyl (C=O) groups is 1. The molecule has 1 saturated heterocycles. The maximum Gasteiger partial charge on any atom is 0.409 e. The van der Waals surface area contributed by atoms with Crippen molar-refractivity contribution in [3.05, 3.63) is 35.1 Å². The molecule has 0 aromatic heterocycles. The van der Waals surface area contributed by atoms with Crippen LogP contribution in [0.25, 0.3) is 0 Å². The van der Waals surface area contributed by atoms with Crippen molar-refractivity contribution < 1.29 is 13.9 Å². The van der Waals surface area contributed by atoms with Crippen LogP contribution in [0.15, 0.2) is 23.2 Å². The molecule has 1 aliphatic rings. The van der Waals surface area contributed by atoms with Gasteiger partial charge in [0, 0.05) is 25.7 Å². The Morgan fingerprint density at radius 3 is 2.63 bits per heavy atom. The average molecular weight is 492 g/mol. The minimum Gasteiger partial charge on any atom is -0.450 e. The molecule has 1 aliphatic heterocycles. The highest BCUT2D eigenvalue weighted by molar-refractivity contribution is 14.0. The number of likely N-dealkylation sites (tertiary alicyclic amines) is 1. The van der Waals surface area contributed by atoms with Crippen LogP contribution < -0.4 is 10.6 Å². The Bertz CT molecular complexity index is 634. The first kappa shape index (κ1) is 23.5. The summed E-state index contributed by atoms with van der Waals surface area (Å²) < 4.78 is 18.4. The van der Waals surface area contributed by atoms with E-state index in [0.29, 0.717) is 31.8 Å². The average Bonchev–Trinajstić information content (AvgIpc) is 2.63. The summed E-state index contributed by atoms with van der Waals surface area (Å²) in [7, 11) is 0. The highest BCUT2D eigenvalue weighted by Crippen LogP contribution is 2.12. The van der Waals surface area contributed by atoms with Gasteiger partial charge in [-0.2, -0.15) is 0 Å². The first-order valence-corrected chi connectivity index (χ1v) is 9.25. The van der Waals surface area contributed by atoms with E-state index in [9.17, 15) is 9.18 Å². The van der Waals surface area contributed by atoms with E-state index in [1.165, 1.54) is 6.07 Å². The van der Waals surface area contributed by atoms with Crippen molar-refractivity contribution in [2.24, 2.45) is 4.99 Å². The maximum absolute atomic E-state index is 13.4. The number of nitrogens with zero attached hydrogens (tertiary/aromatic N) is 2. The van der Waals surface area contributed by atoms with Crippen molar-refractivity contribution in [2.45, 2.75) is 46.2 Å². The Hall–Kier alpha value is -1.58. The number of guanidine groups is 1. The van der Waals surface area contributed by atoms with Gasteiger partial charge in [0.25, 0.3) is 0 Å². The molecule has 0 atom stereocenters. The van der Waals surface area contributed by atoms with E-state index >= 15 is 0 Å². The number of aryl methyl sites for hydroxylation is 1. The van der Waals surface area contributed by atoms with Gasteiger partial charge in [0.05, 0.1) is 13.2 Å². The third-order valence-corrected chi connectivity index (χ3v) is 4.35. The predicted octanol–water partition coefficient (Wildman–Crippen LogP) is 3.43. The Morgan fingerprint density at radius 1 is 1.33 bits per heavy atom. The number of nitrogens with one attached hydrogen (secondary N) is 2. The molecule has 27 heavy (non-hydrogen) atoms. The summed E-state index contributed by atoms with van der Waals surface area (Å²) in [5.74, 6) is 0.542. The number of amides is 1. The van der Waals surface area contributed by atoms with Gasteiger partial charge in [0.15, 0.2) is 5.96 Å². The second-order valence-corrected chi connectivity index (χ2v) is 6.38. The molecule has 0 saturated carbocycles. The van der Waals surface area contributed by atoms with E-state index in [4.69, 9.17) is 4.74 Å². The zero-order chi connectivity index (χ0) is 18.9. The highest BCUT2D eigenvalue weighted by Gasteiger charge is 2.24. The third kappa shape index (κ3) is 7.51. The van der Waals surface area contributed by atoms with Gasteiger partial charge in [-0.3, -0.25) is 0 Å². The van der Waals surface area contributed by atoms with E-state index in [0.717, 1.165) is 30.9 Å². The highest BCUT2D eigenvalue weighted by atomic mass is 127. The number of rotatable bonds is 5. The largest absolute Gasteiger partial charge is 0.450 e. The molecule has 6 nitrogen and oxygen atoms in total. The fourth-order valence-electron chi connectivity index (χ4n) is 2.91. The molecule has 2 rings (SSSR count). The van der Waals surface area contributed by atoms with Crippen LogP contribution in [0.3, 0.4) is 0 Å². The molecule has 0 spiro atoms. The Morgan fingerprint density at radius 2 is 2.04 bits per heavy atom. The lowest BCUT2D eigenvalue weighted by Crippen LogP contribution is -2.49. The minimum atomic E-state index is -0.238. The Balaban J connectivity index is 0.00000364. The van der Waals surface area contributed by atoms with E-state index in [1.807, 2.05) is 19.9 Å². The molecule has 8 heteroatoms. The number of hydrogen-bond donors (Lipinski definition) is 2. The number of aliphatic imine (C=N–C) groups is 1. The fraction of sp³-hybridized carbons (Fsp3) is 0.579. The van der Waals surface area contributed by atoms with Gasteiger partial charge in [-0.25, -0.2) is 14.2 Å². The van der Waals surface area contributed by atoms with E-state index in [-0.39, 0.29) is 41.9 Å². The van der Waals surface area contributed by atoms with Crippen LogP contribution in [0.2, 0.25) is 0 Å². The Kier molecular flexibility index (Phi) is 10.4.